The van der Waals surface area contributed by atoms with Gasteiger partial charge >= 0.3 is 0 Å². The van der Waals surface area contributed by atoms with Crippen LogP contribution in [0.5, 0.6) is 0 Å². The molecule has 126 valence electrons. The van der Waals surface area contributed by atoms with Gasteiger partial charge in [-0.3, -0.25) is 4.79 Å². The molecule has 0 unspecified atom stereocenters. The third-order valence-electron chi connectivity index (χ3n) is 3.17. The first kappa shape index (κ1) is 17.2. The van der Waals surface area contributed by atoms with Crippen molar-refractivity contribution in [3.05, 3.63) is 51.7 Å². The number of nitrogens with one attached hydrogen (secondary N) is 1. The molecule has 24 heavy (non-hydrogen) atoms. The summed E-state index contributed by atoms with van der Waals surface area (Å²) in [6, 6.07) is 9.93. The highest BCUT2D eigenvalue weighted by molar-refractivity contribution is 7.16. The van der Waals surface area contributed by atoms with Crippen LogP contribution in [0, 0.1) is 0 Å². The number of hydrogen-bond donors (Lipinski definition) is 1. The fourth-order valence-corrected chi connectivity index (χ4v) is 3.26. The number of benzene rings is 1. The van der Waals surface area contributed by atoms with Crippen LogP contribution in [0.1, 0.15) is 16.3 Å². The Morgan fingerprint density at radius 2 is 2.08 bits per heavy atom. The van der Waals surface area contributed by atoms with Crippen molar-refractivity contribution >= 4 is 45.4 Å². The van der Waals surface area contributed by atoms with Gasteiger partial charge in [-0.15, -0.1) is 11.6 Å². The molecule has 0 aliphatic heterocycles. The summed E-state index contributed by atoms with van der Waals surface area (Å²) in [4.78, 5) is 16.2. The van der Waals surface area contributed by atoms with Crippen molar-refractivity contribution in [1.82, 2.24) is 19.9 Å². The van der Waals surface area contributed by atoms with Gasteiger partial charge in [0, 0.05) is 0 Å². The van der Waals surface area contributed by atoms with Crippen LogP contribution in [0.2, 0.25) is 5.15 Å². The van der Waals surface area contributed by atoms with E-state index in [9.17, 15) is 4.79 Å². The molecule has 6 nitrogen and oxygen atoms in total. The second kappa shape index (κ2) is 7.94. The van der Waals surface area contributed by atoms with E-state index < -0.39 is 0 Å². The number of fused-ring (bicyclic) bond motifs is 1. The smallest absolute Gasteiger partial charge is 0.235 e. The molecule has 2 heterocycles. The Morgan fingerprint density at radius 1 is 1.29 bits per heavy atom. The van der Waals surface area contributed by atoms with Gasteiger partial charge in [0.1, 0.15) is 23.2 Å². The largest absolute Gasteiger partial charge is 0.370 e. The quantitative estimate of drug-likeness (QED) is 0.635. The first-order chi connectivity index (χ1) is 11.7. The molecule has 0 radical (unpaired) electrons. The van der Waals surface area contributed by atoms with Gasteiger partial charge in [0.05, 0.1) is 13.2 Å². The fraction of sp³-hybridized carbons (Fsp3) is 0.267. The summed E-state index contributed by atoms with van der Waals surface area (Å²) in [5, 5.41) is 8.18. The lowest BCUT2D eigenvalue weighted by Crippen LogP contribution is -2.24. The van der Waals surface area contributed by atoms with Crippen LogP contribution in [-0.2, 0) is 29.3 Å². The fourth-order valence-electron chi connectivity index (χ4n) is 2.04. The Kier molecular flexibility index (Phi) is 5.68. The van der Waals surface area contributed by atoms with Gasteiger partial charge in [-0.2, -0.15) is 9.61 Å². The topological polar surface area (TPSA) is 68.5 Å². The van der Waals surface area contributed by atoms with Crippen LogP contribution in [0.3, 0.4) is 0 Å². The van der Waals surface area contributed by atoms with Crippen molar-refractivity contribution in [2.24, 2.45) is 0 Å². The number of rotatable bonds is 7. The lowest BCUT2D eigenvalue weighted by Gasteiger charge is -2.01. The number of nitrogens with zero attached hydrogens (tertiary/aromatic N) is 3. The summed E-state index contributed by atoms with van der Waals surface area (Å²) < 4.78 is 7.21. The predicted molar refractivity (Wildman–Crippen MR) is 93.4 cm³/mol. The van der Waals surface area contributed by atoms with E-state index >= 15 is 0 Å². The molecule has 0 aliphatic rings. The Morgan fingerprint density at radius 3 is 2.79 bits per heavy atom. The number of alkyl halides is 1. The van der Waals surface area contributed by atoms with Crippen LogP contribution in [0.15, 0.2) is 30.3 Å². The number of aromatic nitrogens is 3. The maximum atomic E-state index is 11.2. The van der Waals surface area contributed by atoms with Gasteiger partial charge in [-0.1, -0.05) is 53.3 Å². The maximum absolute atomic E-state index is 11.2. The van der Waals surface area contributed by atoms with Gasteiger partial charge in [0.2, 0.25) is 10.9 Å². The SMILES string of the molecule is O=C(CCl)NCc1nc2sc(COCc3ccccc3)nn2c1Cl. The summed E-state index contributed by atoms with van der Waals surface area (Å²) >= 11 is 13.1. The van der Waals surface area contributed by atoms with E-state index in [-0.39, 0.29) is 18.3 Å². The minimum absolute atomic E-state index is 0.0962. The molecule has 0 spiro atoms. The van der Waals surface area contributed by atoms with Gasteiger partial charge in [-0.25, -0.2) is 4.98 Å². The number of imidazole rings is 1. The standard InChI is InChI=1S/C15H14Cl2N4O2S/c16-6-12(22)18-7-11-14(17)21-15(19-11)24-13(20-21)9-23-8-10-4-2-1-3-5-10/h1-5H,6-9H2,(H,18,22). The number of carbonyl (C=O) groups excluding carboxylic acids is 1. The molecule has 3 rings (SSSR count). The molecule has 0 atom stereocenters. The van der Waals surface area contributed by atoms with E-state index in [2.05, 4.69) is 15.4 Å². The molecule has 1 N–H and O–H groups in total. The number of amides is 1. The molecule has 0 saturated carbocycles. The van der Waals surface area contributed by atoms with Crippen LogP contribution in [0.4, 0.5) is 0 Å². The number of ether oxygens (including phenoxy) is 1. The van der Waals surface area contributed by atoms with Crippen molar-refractivity contribution in [3.8, 4) is 0 Å². The van der Waals surface area contributed by atoms with Crippen LogP contribution in [-0.4, -0.2) is 26.4 Å². The van der Waals surface area contributed by atoms with E-state index in [1.165, 1.54) is 11.3 Å². The molecule has 9 heteroatoms. The summed E-state index contributed by atoms with van der Waals surface area (Å²) in [7, 11) is 0. The lowest BCUT2D eigenvalue weighted by atomic mass is 10.2. The molecule has 1 aromatic carbocycles. The molecule has 2 aromatic heterocycles. The van der Waals surface area contributed by atoms with Crippen molar-refractivity contribution in [2.75, 3.05) is 5.88 Å². The lowest BCUT2D eigenvalue weighted by molar-refractivity contribution is -0.118. The monoisotopic (exact) mass is 384 g/mol. The van der Waals surface area contributed by atoms with Crippen LogP contribution < -0.4 is 5.32 Å². The third-order valence-corrected chi connectivity index (χ3v) is 4.67. The van der Waals surface area contributed by atoms with E-state index in [1.54, 1.807) is 4.52 Å². The molecule has 0 fully saturated rings. The average molecular weight is 385 g/mol. The molecule has 1 amide bonds. The maximum Gasteiger partial charge on any atom is 0.235 e. The molecule has 0 bridgehead atoms. The Bertz CT molecular complexity index is 835. The summed E-state index contributed by atoms with van der Waals surface area (Å²) in [6.07, 6.45) is 0. The van der Waals surface area contributed by atoms with E-state index in [0.29, 0.717) is 29.0 Å². The minimum Gasteiger partial charge on any atom is -0.370 e. The molecule has 0 aliphatic carbocycles. The zero-order chi connectivity index (χ0) is 16.9. The minimum atomic E-state index is -0.271. The van der Waals surface area contributed by atoms with Gasteiger partial charge < -0.3 is 10.1 Å². The normalized spacial score (nSPS) is 11.1. The molecule has 0 saturated heterocycles. The Balaban J connectivity index is 1.61. The van der Waals surface area contributed by atoms with Crippen molar-refractivity contribution in [1.29, 1.82) is 0 Å². The number of carbonyl (C=O) groups is 1. The van der Waals surface area contributed by atoms with Crippen LogP contribution >= 0.6 is 34.5 Å². The Labute approximate surface area is 152 Å². The predicted octanol–water partition coefficient (Wildman–Crippen LogP) is 3.02. The van der Waals surface area contributed by atoms with Gasteiger partial charge in [-0.05, 0) is 5.56 Å². The van der Waals surface area contributed by atoms with Crippen molar-refractivity contribution in [2.45, 2.75) is 19.8 Å². The zero-order valence-corrected chi connectivity index (χ0v) is 14.9. The summed E-state index contributed by atoms with van der Waals surface area (Å²) in [5.74, 6) is -0.367. The average Bonchev–Trinajstić information content (AvgIpc) is 3.13. The second-order valence-corrected chi connectivity index (χ2v) is 6.59. The first-order valence-corrected chi connectivity index (χ1v) is 8.87. The third kappa shape index (κ3) is 4.05. The highest BCUT2D eigenvalue weighted by atomic mass is 35.5. The molecular formula is C15H14Cl2N4O2S. The first-order valence-electron chi connectivity index (χ1n) is 7.14. The number of halogens is 2. The second-order valence-electron chi connectivity index (χ2n) is 4.93. The van der Waals surface area contributed by atoms with Gasteiger partial charge in [0.25, 0.3) is 0 Å². The van der Waals surface area contributed by atoms with Crippen molar-refractivity contribution < 1.29 is 9.53 Å². The highest BCUT2D eigenvalue weighted by Gasteiger charge is 2.15. The molecular weight excluding hydrogens is 371 g/mol. The number of hydrogen-bond acceptors (Lipinski definition) is 5. The van der Waals surface area contributed by atoms with Crippen molar-refractivity contribution in [3.63, 3.8) is 0 Å². The Hall–Kier alpha value is -1.67. The summed E-state index contributed by atoms with van der Waals surface area (Å²) in [6.45, 7) is 1.13. The van der Waals surface area contributed by atoms with Gasteiger partial charge in [0.15, 0.2) is 5.15 Å². The molecule has 3 aromatic rings. The highest BCUT2D eigenvalue weighted by Crippen LogP contribution is 2.23. The van der Waals surface area contributed by atoms with Crippen LogP contribution in [0.25, 0.3) is 4.96 Å². The zero-order valence-electron chi connectivity index (χ0n) is 12.5. The summed E-state index contributed by atoms with van der Waals surface area (Å²) in [5.41, 5.74) is 1.67. The van der Waals surface area contributed by atoms with E-state index in [0.717, 1.165) is 10.6 Å². The van der Waals surface area contributed by atoms with E-state index in [4.69, 9.17) is 27.9 Å². The van der Waals surface area contributed by atoms with E-state index in [1.807, 2.05) is 30.3 Å².